The molecular weight excluding hydrogens is 212 g/mol. The van der Waals surface area contributed by atoms with E-state index in [1.165, 1.54) is 6.08 Å². The average molecular weight is 225 g/mol. The molecule has 1 aliphatic rings. The second kappa shape index (κ2) is 6.31. The minimum atomic E-state index is -0.335. The van der Waals surface area contributed by atoms with Gasteiger partial charge in [0, 0.05) is 17.4 Å². The lowest BCUT2D eigenvalue weighted by molar-refractivity contribution is -0.137. The van der Waals surface area contributed by atoms with Crippen LogP contribution in [0.1, 0.15) is 13.3 Å². The average Bonchev–Trinajstić information content (AvgIpc) is 2.88. The Morgan fingerprint density at radius 2 is 2.33 bits per heavy atom. The van der Waals surface area contributed by atoms with Crippen molar-refractivity contribution in [2.24, 2.45) is 5.92 Å². The molecule has 0 aromatic carbocycles. The van der Waals surface area contributed by atoms with Crippen LogP contribution in [0.4, 0.5) is 0 Å². The highest BCUT2D eigenvalue weighted by atomic mass is 35.5. The molecule has 0 aromatic heterocycles. The van der Waals surface area contributed by atoms with E-state index in [0.29, 0.717) is 12.5 Å². The van der Waals surface area contributed by atoms with Gasteiger partial charge >= 0.3 is 5.97 Å². The minimum absolute atomic E-state index is 0.237. The summed E-state index contributed by atoms with van der Waals surface area (Å²) in [4.78, 5) is 10.8. The van der Waals surface area contributed by atoms with E-state index in [0.717, 1.165) is 6.42 Å². The highest BCUT2D eigenvalue weighted by molar-refractivity contribution is 6.22. The molecule has 0 radical (unpaired) electrons. The fourth-order valence-corrected chi connectivity index (χ4v) is 1.15. The predicted octanol–water partition coefficient (Wildman–Crippen LogP) is 2.29. The first-order valence-electron chi connectivity index (χ1n) is 4.89. The maximum atomic E-state index is 10.8. The van der Waals surface area contributed by atoms with Crippen LogP contribution in [0, 0.1) is 17.8 Å². The molecule has 15 heavy (non-hydrogen) atoms. The van der Waals surface area contributed by atoms with Gasteiger partial charge in [0.25, 0.3) is 0 Å². The molecule has 1 saturated carbocycles. The molecule has 1 fully saturated rings. The van der Waals surface area contributed by atoms with Crippen molar-refractivity contribution in [3.8, 4) is 11.8 Å². The third kappa shape index (κ3) is 5.29. The van der Waals surface area contributed by atoms with E-state index in [1.54, 1.807) is 25.2 Å². The molecule has 0 amide bonds. The van der Waals surface area contributed by atoms with Gasteiger partial charge in [-0.3, -0.25) is 0 Å². The van der Waals surface area contributed by atoms with Crippen LogP contribution in [-0.2, 0) is 9.53 Å². The number of hydrogen-bond acceptors (Lipinski definition) is 2. The van der Waals surface area contributed by atoms with Gasteiger partial charge in [-0.25, -0.2) is 4.79 Å². The van der Waals surface area contributed by atoms with Crippen molar-refractivity contribution >= 4 is 17.6 Å². The van der Waals surface area contributed by atoms with Crippen molar-refractivity contribution in [3.05, 3.63) is 24.3 Å². The van der Waals surface area contributed by atoms with Crippen molar-refractivity contribution in [2.75, 3.05) is 6.61 Å². The highest BCUT2D eigenvalue weighted by Crippen LogP contribution is 2.34. The number of carbonyl (C=O) groups is 1. The molecule has 0 saturated heterocycles. The Morgan fingerprint density at radius 1 is 1.60 bits per heavy atom. The number of hydrogen-bond donors (Lipinski definition) is 0. The standard InChI is InChI=1S/C12H13ClO2/c1-2-15-12(14)8-6-4-3-5-7-10-9-11(10)13/h3-4,6,8,10-11H,2,9H2,1H3/b4-3+,8-6+/t10-,11-/m1/s1. The van der Waals surface area contributed by atoms with Gasteiger partial charge in [-0.2, -0.15) is 0 Å². The Bertz CT molecular complexity index is 333. The van der Waals surface area contributed by atoms with E-state index in [1.807, 2.05) is 0 Å². The lowest BCUT2D eigenvalue weighted by Gasteiger charge is -1.92. The third-order valence-corrected chi connectivity index (χ3v) is 2.27. The number of ether oxygens (including phenoxy) is 1. The van der Waals surface area contributed by atoms with Crippen LogP contribution in [0.15, 0.2) is 24.3 Å². The zero-order chi connectivity index (χ0) is 11.1. The van der Waals surface area contributed by atoms with Gasteiger partial charge in [-0.15, -0.1) is 11.6 Å². The van der Waals surface area contributed by atoms with Gasteiger partial charge in [0.2, 0.25) is 0 Å². The summed E-state index contributed by atoms with van der Waals surface area (Å²) in [7, 11) is 0. The van der Waals surface area contributed by atoms with Crippen LogP contribution >= 0.6 is 11.6 Å². The fraction of sp³-hybridized carbons (Fsp3) is 0.417. The molecule has 1 rings (SSSR count). The summed E-state index contributed by atoms with van der Waals surface area (Å²) < 4.78 is 4.70. The third-order valence-electron chi connectivity index (χ3n) is 1.79. The largest absolute Gasteiger partial charge is 0.463 e. The van der Waals surface area contributed by atoms with Crippen LogP contribution in [0.25, 0.3) is 0 Å². The van der Waals surface area contributed by atoms with Gasteiger partial charge < -0.3 is 4.74 Å². The molecule has 2 nitrogen and oxygen atoms in total. The number of rotatable bonds is 3. The second-order valence-corrected chi connectivity index (χ2v) is 3.68. The topological polar surface area (TPSA) is 26.3 Å². The summed E-state index contributed by atoms with van der Waals surface area (Å²) in [5, 5.41) is 0.237. The molecule has 0 unspecified atom stereocenters. The fourth-order valence-electron chi connectivity index (χ4n) is 0.897. The van der Waals surface area contributed by atoms with Crippen molar-refractivity contribution in [1.29, 1.82) is 0 Å². The van der Waals surface area contributed by atoms with E-state index in [9.17, 15) is 4.79 Å². The number of alkyl halides is 1. The van der Waals surface area contributed by atoms with Gasteiger partial charge in [0.15, 0.2) is 0 Å². The molecule has 0 heterocycles. The summed E-state index contributed by atoms with van der Waals surface area (Å²) in [5.41, 5.74) is 0. The summed E-state index contributed by atoms with van der Waals surface area (Å²) in [6.45, 7) is 2.16. The van der Waals surface area contributed by atoms with E-state index < -0.39 is 0 Å². The summed E-state index contributed by atoms with van der Waals surface area (Å²) in [6, 6.07) is 0. The quantitative estimate of drug-likeness (QED) is 0.242. The van der Waals surface area contributed by atoms with Crippen molar-refractivity contribution in [1.82, 2.24) is 0 Å². The smallest absolute Gasteiger partial charge is 0.330 e. The molecule has 2 atom stereocenters. The lowest BCUT2D eigenvalue weighted by Crippen LogP contribution is -1.98. The summed E-state index contributed by atoms with van der Waals surface area (Å²) in [6.07, 6.45) is 7.36. The Kier molecular flexibility index (Phi) is 5.00. The molecule has 0 bridgehead atoms. The number of carbonyl (C=O) groups excluding carboxylic acids is 1. The van der Waals surface area contributed by atoms with E-state index >= 15 is 0 Å². The first kappa shape index (κ1) is 11.9. The summed E-state index contributed by atoms with van der Waals surface area (Å²) in [5.74, 6) is 5.88. The molecule has 80 valence electrons. The number of esters is 1. The predicted molar refractivity (Wildman–Crippen MR) is 60.4 cm³/mol. The molecular formula is C12H13ClO2. The Hall–Kier alpha value is -1.20. The van der Waals surface area contributed by atoms with E-state index in [-0.39, 0.29) is 11.3 Å². The maximum absolute atomic E-state index is 10.8. The minimum Gasteiger partial charge on any atom is -0.463 e. The van der Waals surface area contributed by atoms with Crippen LogP contribution in [-0.4, -0.2) is 18.0 Å². The highest BCUT2D eigenvalue weighted by Gasteiger charge is 2.33. The maximum Gasteiger partial charge on any atom is 0.330 e. The SMILES string of the molecule is CCOC(=O)/C=C/C=C/C#C[C@@H]1C[C@H]1Cl. The Labute approximate surface area is 94.9 Å². The number of allylic oxidation sites excluding steroid dienone is 3. The molecule has 1 aliphatic carbocycles. The van der Waals surface area contributed by atoms with Crippen molar-refractivity contribution < 1.29 is 9.53 Å². The monoisotopic (exact) mass is 224 g/mol. The normalized spacial score (nSPS) is 23.9. The van der Waals surface area contributed by atoms with Crippen LogP contribution < -0.4 is 0 Å². The van der Waals surface area contributed by atoms with Gasteiger partial charge in [0.1, 0.15) is 0 Å². The summed E-state index contributed by atoms with van der Waals surface area (Å²) >= 11 is 5.77. The van der Waals surface area contributed by atoms with Gasteiger partial charge in [-0.05, 0) is 19.4 Å². The lowest BCUT2D eigenvalue weighted by atomic mass is 10.4. The van der Waals surface area contributed by atoms with Crippen LogP contribution in [0.5, 0.6) is 0 Å². The molecule has 0 N–H and O–H groups in total. The first-order chi connectivity index (χ1) is 7.24. The van der Waals surface area contributed by atoms with Gasteiger partial charge in [-0.1, -0.05) is 24.0 Å². The molecule has 0 aromatic rings. The first-order valence-corrected chi connectivity index (χ1v) is 5.32. The molecule has 0 aliphatic heterocycles. The molecule has 0 spiro atoms. The van der Waals surface area contributed by atoms with Crippen LogP contribution in [0.2, 0.25) is 0 Å². The Balaban J connectivity index is 2.20. The number of halogens is 1. The zero-order valence-electron chi connectivity index (χ0n) is 8.57. The van der Waals surface area contributed by atoms with Crippen LogP contribution in [0.3, 0.4) is 0 Å². The van der Waals surface area contributed by atoms with E-state index in [4.69, 9.17) is 16.3 Å². The molecule has 3 heteroatoms. The van der Waals surface area contributed by atoms with Gasteiger partial charge in [0.05, 0.1) is 6.61 Å². The van der Waals surface area contributed by atoms with Crippen molar-refractivity contribution in [2.45, 2.75) is 18.7 Å². The van der Waals surface area contributed by atoms with E-state index in [2.05, 4.69) is 11.8 Å². The zero-order valence-corrected chi connectivity index (χ0v) is 9.33. The second-order valence-electron chi connectivity index (χ2n) is 3.12. The Morgan fingerprint density at radius 3 is 2.93 bits per heavy atom. The van der Waals surface area contributed by atoms with Crippen molar-refractivity contribution in [3.63, 3.8) is 0 Å².